The largest absolute Gasteiger partial charge is 0.548 e. The number of benzene rings is 1. The maximum absolute atomic E-state index is 12.3. The molecule has 0 saturated heterocycles. The lowest BCUT2D eigenvalue weighted by Crippen LogP contribution is -2.22. The molecule has 0 radical (unpaired) electrons. The van der Waals surface area contributed by atoms with Crippen LogP contribution in [0, 0.1) is 0 Å². The summed E-state index contributed by atoms with van der Waals surface area (Å²) in [5, 5.41) is 10.6. The van der Waals surface area contributed by atoms with E-state index in [-0.39, 0.29) is 17.9 Å². The van der Waals surface area contributed by atoms with Crippen LogP contribution in [0.3, 0.4) is 0 Å². The van der Waals surface area contributed by atoms with Crippen molar-refractivity contribution in [3.63, 3.8) is 0 Å². The Morgan fingerprint density at radius 3 is 2.86 bits per heavy atom. The van der Waals surface area contributed by atoms with Crippen LogP contribution in [0.25, 0.3) is 11.5 Å². The first-order chi connectivity index (χ1) is 13.6. The van der Waals surface area contributed by atoms with Crippen molar-refractivity contribution in [2.75, 3.05) is 11.9 Å². The Kier molecular flexibility index (Phi) is 6.31. The first-order valence-electron chi connectivity index (χ1n) is 8.43. The van der Waals surface area contributed by atoms with Crippen molar-refractivity contribution in [2.45, 2.75) is 13.3 Å². The van der Waals surface area contributed by atoms with Crippen LogP contribution in [0.1, 0.15) is 12.5 Å². The molecule has 0 bridgehead atoms. The van der Waals surface area contributed by atoms with Gasteiger partial charge in [0.15, 0.2) is 5.82 Å². The second kappa shape index (κ2) is 9.07. The van der Waals surface area contributed by atoms with E-state index in [9.17, 15) is 14.2 Å². The fourth-order valence-electron chi connectivity index (χ4n) is 2.39. The number of aromatic amines is 1. The standard InChI is InChI=1S/C18H16N5O4P/c1-2-27-28(26)13-6-3-5-12(9-13)10-16(24)21-15-11-19-17(22-18(15)25)14-7-4-8-20-23-14/h3-9,11H,2,10H2,1H3,(H-,19,20,21,22,23,24,25)/p+1. The van der Waals surface area contributed by atoms with Crippen molar-refractivity contribution < 1.29 is 13.9 Å². The Hall–Kier alpha value is -3.29. The zero-order valence-electron chi connectivity index (χ0n) is 15.0. The number of carbonyl (C=O) groups is 1. The average molecular weight is 398 g/mol. The van der Waals surface area contributed by atoms with Gasteiger partial charge in [0.1, 0.15) is 18.0 Å². The minimum atomic E-state index is -1.95. The maximum Gasteiger partial charge on any atom is 0.548 e. The second-order valence-electron chi connectivity index (χ2n) is 5.65. The molecule has 0 fully saturated rings. The van der Waals surface area contributed by atoms with Gasteiger partial charge in [-0.15, -0.1) is 9.62 Å². The number of carbonyl (C=O) groups excluding carboxylic acids is 1. The lowest BCUT2D eigenvalue weighted by Gasteiger charge is -2.05. The zero-order chi connectivity index (χ0) is 19.9. The van der Waals surface area contributed by atoms with Crippen LogP contribution in [0.5, 0.6) is 0 Å². The van der Waals surface area contributed by atoms with Gasteiger partial charge in [0.05, 0.1) is 12.6 Å². The van der Waals surface area contributed by atoms with E-state index < -0.39 is 19.5 Å². The molecular weight excluding hydrogens is 381 g/mol. The highest BCUT2D eigenvalue weighted by atomic mass is 31.1. The average Bonchev–Trinajstić information content (AvgIpc) is 2.70. The van der Waals surface area contributed by atoms with E-state index in [1.54, 1.807) is 43.3 Å². The smallest absolute Gasteiger partial charge is 0.320 e. The Labute approximate surface area is 161 Å². The minimum absolute atomic E-state index is 0.00842. The van der Waals surface area contributed by atoms with Gasteiger partial charge in [0.25, 0.3) is 5.56 Å². The highest BCUT2D eigenvalue weighted by Crippen LogP contribution is 2.21. The third-order valence-electron chi connectivity index (χ3n) is 3.62. The molecule has 3 rings (SSSR count). The molecule has 0 aliphatic heterocycles. The number of amides is 1. The summed E-state index contributed by atoms with van der Waals surface area (Å²) in [5.74, 6) is -0.146. The van der Waals surface area contributed by atoms with Crippen LogP contribution in [0.4, 0.5) is 5.69 Å². The summed E-state index contributed by atoms with van der Waals surface area (Å²) >= 11 is 0. The molecule has 28 heavy (non-hydrogen) atoms. The summed E-state index contributed by atoms with van der Waals surface area (Å²) in [7, 11) is -1.95. The topological polar surface area (TPSA) is 127 Å². The van der Waals surface area contributed by atoms with Gasteiger partial charge < -0.3 is 10.3 Å². The maximum atomic E-state index is 12.3. The van der Waals surface area contributed by atoms with Gasteiger partial charge in [-0.05, 0) is 41.3 Å². The van der Waals surface area contributed by atoms with E-state index in [4.69, 9.17) is 4.52 Å². The molecule has 0 aliphatic rings. The molecule has 0 saturated carbocycles. The van der Waals surface area contributed by atoms with Crippen molar-refractivity contribution in [3.05, 3.63) is 64.7 Å². The molecule has 3 aromatic rings. The van der Waals surface area contributed by atoms with Crippen molar-refractivity contribution in [1.29, 1.82) is 0 Å². The van der Waals surface area contributed by atoms with Crippen molar-refractivity contribution in [3.8, 4) is 11.5 Å². The van der Waals surface area contributed by atoms with Crippen molar-refractivity contribution >= 4 is 24.9 Å². The molecular formula is C18H17N5O4P+. The Bertz CT molecular complexity index is 1060. The molecule has 2 aromatic heterocycles. The molecule has 1 atom stereocenters. The van der Waals surface area contributed by atoms with Crippen LogP contribution in [0.15, 0.2) is 53.6 Å². The number of nitrogens with zero attached hydrogens (tertiary/aromatic N) is 3. The molecule has 10 heteroatoms. The summed E-state index contributed by atoms with van der Waals surface area (Å²) in [5.41, 5.74) is 0.586. The highest BCUT2D eigenvalue weighted by Gasteiger charge is 2.21. The molecule has 1 aromatic carbocycles. The predicted octanol–water partition coefficient (Wildman–Crippen LogP) is 1.81. The van der Waals surface area contributed by atoms with Gasteiger partial charge in [0, 0.05) is 6.20 Å². The summed E-state index contributed by atoms with van der Waals surface area (Å²) in [6, 6.07) is 10.1. The van der Waals surface area contributed by atoms with E-state index in [1.807, 2.05) is 0 Å². The third kappa shape index (κ3) is 4.91. The zero-order valence-corrected chi connectivity index (χ0v) is 15.8. The van der Waals surface area contributed by atoms with Crippen molar-refractivity contribution in [2.24, 2.45) is 0 Å². The molecule has 2 N–H and O–H groups in total. The highest BCUT2D eigenvalue weighted by molar-refractivity contribution is 7.48. The van der Waals surface area contributed by atoms with Gasteiger partial charge in [0.2, 0.25) is 11.2 Å². The van der Waals surface area contributed by atoms with Crippen LogP contribution >= 0.6 is 8.03 Å². The minimum Gasteiger partial charge on any atom is -0.320 e. The summed E-state index contributed by atoms with van der Waals surface area (Å²) in [6.07, 6.45) is 2.79. The Morgan fingerprint density at radius 2 is 2.14 bits per heavy atom. The first kappa shape index (κ1) is 19.5. The predicted molar refractivity (Wildman–Crippen MR) is 104 cm³/mol. The Balaban J connectivity index is 1.69. The van der Waals surface area contributed by atoms with E-state index in [0.717, 1.165) is 0 Å². The van der Waals surface area contributed by atoms with Gasteiger partial charge in [-0.1, -0.05) is 12.1 Å². The van der Waals surface area contributed by atoms with Crippen LogP contribution in [0.2, 0.25) is 0 Å². The quantitative estimate of drug-likeness (QED) is 0.581. The molecule has 0 aliphatic carbocycles. The van der Waals surface area contributed by atoms with Gasteiger partial charge >= 0.3 is 8.03 Å². The van der Waals surface area contributed by atoms with Crippen LogP contribution < -0.4 is 16.2 Å². The van der Waals surface area contributed by atoms with E-state index >= 15 is 0 Å². The van der Waals surface area contributed by atoms with E-state index in [2.05, 4.69) is 25.5 Å². The number of rotatable bonds is 7. The number of hydrogen-bond donors (Lipinski definition) is 2. The van der Waals surface area contributed by atoms with Crippen LogP contribution in [-0.2, 0) is 20.3 Å². The number of nitrogens with one attached hydrogen (secondary N) is 2. The lowest BCUT2D eigenvalue weighted by molar-refractivity contribution is -0.115. The Morgan fingerprint density at radius 1 is 1.29 bits per heavy atom. The van der Waals surface area contributed by atoms with E-state index in [1.165, 1.54) is 12.4 Å². The summed E-state index contributed by atoms with van der Waals surface area (Å²) < 4.78 is 17.0. The molecule has 2 heterocycles. The van der Waals surface area contributed by atoms with Gasteiger partial charge in [-0.2, -0.15) is 5.10 Å². The molecule has 142 valence electrons. The third-order valence-corrected chi connectivity index (χ3v) is 4.81. The van der Waals surface area contributed by atoms with Gasteiger partial charge in [-0.3, -0.25) is 9.59 Å². The molecule has 1 unspecified atom stereocenters. The van der Waals surface area contributed by atoms with Gasteiger partial charge in [-0.25, -0.2) is 4.98 Å². The second-order valence-corrected chi connectivity index (χ2v) is 6.94. The lowest BCUT2D eigenvalue weighted by atomic mass is 10.1. The molecule has 9 nitrogen and oxygen atoms in total. The fraction of sp³-hybridized carbons (Fsp3) is 0.167. The van der Waals surface area contributed by atoms with E-state index in [0.29, 0.717) is 23.2 Å². The number of H-pyrrole nitrogens is 1. The molecule has 0 spiro atoms. The number of hydrogen-bond acceptors (Lipinski definition) is 7. The normalized spacial score (nSPS) is 11.1. The summed E-state index contributed by atoms with van der Waals surface area (Å²) in [4.78, 5) is 31.1. The first-order valence-corrected chi connectivity index (χ1v) is 9.61. The van der Waals surface area contributed by atoms with Crippen molar-refractivity contribution in [1.82, 2.24) is 20.2 Å². The van der Waals surface area contributed by atoms with Crippen LogP contribution in [-0.4, -0.2) is 32.7 Å². The number of anilines is 1. The molecule has 1 amide bonds. The SMILES string of the molecule is CCO[P+](=O)c1cccc(CC(=O)Nc2cnc(-c3cccnn3)[nH]c2=O)c1. The fourth-order valence-corrected chi connectivity index (χ4v) is 3.26. The summed E-state index contributed by atoms with van der Waals surface area (Å²) in [6.45, 7) is 2.09. The number of aromatic nitrogens is 4. The monoisotopic (exact) mass is 398 g/mol.